The van der Waals surface area contributed by atoms with E-state index >= 15 is 0 Å². The Hall–Kier alpha value is -1.37. The van der Waals surface area contributed by atoms with Crippen molar-refractivity contribution < 1.29 is 5.11 Å². The van der Waals surface area contributed by atoms with Crippen LogP contribution in [0.5, 0.6) is 0 Å². The van der Waals surface area contributed by atoms with E-state index in [-0.39, 0.29) is 12.0 Å². The van der Waals surface area contributed by atoms with Crippen LogP contribution in [0.15, 0.2) is 24.3 Å². The van der Waals surface area contributed by atoms with Crippen molar-refractivity contribution in [3.63, 3.8) is 0 Å². The average molecular weight is 232 g/mol. The standard InChI is InChI=1S/C14H20N2O/c1-14(2,11-15)6-7-16-9-12-4-3-5-13(8-12)10-17/h3-5,8,16-17H,6-7,9-10H2,1-2H3. The van der Waals surface area contributed by atoms with E-state index in [0.29, 0.717) is 0 Å². The number of aliphatic hydroxyl groups excluding tert-OH is 1. The molecule has 92 valence electrons. The molecule has 0 radical (unpaired) electrons. The molecule has 2 N–H and O–H groups in total. The van der Waals surface area contributed by atoms with E-state index in [0.717, 1.165) is 30.6 Å². The van der Waals surface area contributed by atoms with E-state index in [1.54, 1.807) is 0 Å². The molecule has 0 aliphatic rings. The van der Waals surface area contributed by atoms with Crippen LogP contribution < -0.4 is 5.32 Å². The van der Waals surface area contributed by atoms with Gasteiger partial charge in [0.1, 0.15) is 0 Å². The predicted molar refractivity (Wildman–Crippen MR) is 68.1 cm³/mol. The molecule has 3 nitrogen and oxygen atoms in total. The van der Waals surface area contributed by atoms with Gasteiger partial charge in [0.15, 0.2) is 0 Å². The molecule has 0 unspecified atom stereocenters. The van der Waals surface area contributed by atoms with Gasteiger partial charge in [0.25, 0.3) is 0 Å². The lowest BCUT2D eigenvalue weighted by Gasteiger charge is -2.15. The Labute approximate surface area is 103 Å². The monoisotopic (exact) mass is 232 g/mol. The minimum Gasteiger partial charge on any atom is -0.392 e. The minimum atomic E-state index is -0.264. The van der Waals surface area contributed by atoms with Crippen LogP contribution >= 0.6 is 0 Å². The van der Waals surface area contributed by atoms with Crippen molar-refractivity contribution in [2.45, 2.75) is 33.4 Å². The molecule has 17 heavy (non-hydrogen) atoms. The second-order valence-electron chi connectivity index (χ2n) is 4.90. The van der Waals surface area contributed by atoms with Crippen LogP contribution in [-0.2, 0) is 13.2 Å². The summed E-state index contributed by atoms with van der Waals surface area (Å²) in [5.41, 5.74) is 1.83. The maximum absolute atomic E-state index is 9.02. The molecule has 0 atom stereocenters. The first kappa shape index (κ1) is 13.7. The second-order valence-corrected chi connectivity index (χ2v) is 4.90. The number of nitrogens with zero attached hydrogens (tertiary/aromatic N) is 1. The summed E-state index contributed by atoms with van der Waals surface area (Å²) in [6.07, 6.45) is 0.836. The molecule has 3 heteroatoms. The fourth-order valence-electron chi connectivity index (χ4n) is 1.53. The van der Waals surface area contributed by atoms with Gasteiger partial charge in [-0.2, -0.15) is 5.26 Å². The summed E-state index contributed by atoms with van der Waals surface area (Å²) in [5.74, 6) is 0. The number of nitrogens with one attached hydrogen (secondary N) is 1. The van der Waals surface area contributed by atoms with E-state index in [4.69, 9.17) is 10.4 Å². The zero-order valence-electron chi connectivity index (χ0n) is 10.5. The van der Waals surface area contributed by atoms with E-state index in [1.165, 1.54) is 0 Å². The highest BCUT2D eigenvalue weighted by molar-refractivity contribution is 5.22. The Morgan fingerprint density at radius 2 is 2.06 bits per heavy atom. The fourth-order valence-corrected chi connectivity index (χ4v) is 1.53. The van der Waals surface area contributed by atoms with Crippen LogP contribution in [0.4, 0.5) is 0 Å². The lowest BCUT2D eigenvalue weighted by Crippen LogP contribution is -2.21. The highest BCUT2D eigenvalue weighted by Gasteiger charge is 2.15. The summed E-state index contributed by atoms with van der Waals surface area (Å²) in [6.45, 7) is 5.57. The summed E-state index contributed by atoms with van der Waals surface area (Å²) in [5, 5.41) is 21.2. The lowest BCUT2D eigenvalue weighted by atomic mass is 9.91. The Balaban J connectivity index is 2.34. The topological polar surface area (TPSA) is 56.0 Å². The van der Waals surface area contributed by atoms with Gasteiger partial charge in [0.2, 0.25) is 0 Å². The summed E-state index contributed by atoms with van der Waals surface area (Å²) >= 11 is 0. The second kappa shape index (κ2) is 6.39. The largest absolute Gasteiger partial charge is 0.392 e. The maximum Gasteiger partial charge on any atom is 0.0684 e. The zero-order chi connectivity index (χ0) is 12.7. The molecule has 0 saturated carbocycles. The number of nitriles is 1. The molecule has 0 bridgehead atoms. The molecule has 0 amide bonds. The smallest absolute Gasteiger partial charge is 0.0684 e. The highest BCUT2D eigenvalue weighted by atomic mass is 16.3. The van der Waals surface area contributed by atoms with Crippen LogP contribution in [0.3, 0.4) is 0 Å². The normalized spacial score (nSPS) is 11.2. The fraction of sp³-hybridized carbons (Fsp3) is 0.500. The zero-order valence-corrected chi connectivity index (χ0v) is 10.5. The van der Waals surface area contributed by atoms with Crippen LogP contribution in [0.2, 0.25) is 0 Å². The molecule has 0 heterocycles. The SMILES string of the molecule is CC(C)(C#N)CCNCc1cccc(CO)c1. The van der Waals surface area contributed by atoms with Crippen LogP contribution in [0.25, 0.3) is 0 Å². The summed E-state index contributed by atoms with van der Waals surface area (Å²) < 4.78 is 0. The van der Waals surface area contributed by atoms with Gasteiger partial charge < -0.3 is 10.4 Å². The van der Waals surface area contributed by atoms with Crippen molar-refractivity contribution in [3.05, 3.63) is 35.4 Å². The van der Waals surface area contributed by atoms with Gasteiger partial charge in [-0.25, -0.2) is 0 Å². The van der Waals surface area contributed by atoms with Gasteiger partial charge in [-0.15, -0.1) is 0 Å². The van der Waals surface area contributed by atoms with Crippen molar-refractivity contribution in [1.82, 2.24) is 5.32 Å². The van der Waals surface area contributed by atoms with Gasteiger partial charge in [-0.05, 0) is 37.9 Å². The predicted octanol–water partition coefficient (Wildman–Crippen LogP) is 2.21. The van der Waals surface area contributed by atoms with Crippen molar-refractivity contribution in [3.8, 4) is 6.07 Å². The molecule has 1 aromatic rings. The molecule has 0 spiro atoms. The van der Waals surface area contributed by atoms with E-state index in [1.807, 2.05) is 38.1 Å². The van der Waals surface area contributed by atoms with E-state index in [9.17, 15) is 0 Å². The Morgan fingerprint density at radius 3 is 2.71 bits per heavy atom. The first-order valence-corrected chi connectivity index (χ1v) is 5.88. The van der Waals surface area contributed by atoms with Gasteiger partial charge in [0.05, 0.1) is 18.1 Å². The summed E-state index contributed by atoms with van der Waals surface area (Å²) in [6, 6.07) is 10.2. The molecular formula is C14H20N2O. The molecule has 0 fully saturated rings. The number of hydrogen-bond donors (Lipinski definition) is 2. The molecule has 1 rings (SSSR count). The number of rotatable bonds is 6. The third-order valence-corrected chi connectivity index (χ3v) is 2.73. The Kier molecular flexibility index (Phi) is 5.14. The van der Waals surface area contributed by atoms with Gasteiger partial charge >= 0.3 is 0 Å². The summed E-state index contributed by atoms with van der Waals surface area (Å²) in [7, 11) is 0. The average Bonchev–Trinajstić information content (AvgIpc) is 2.35. The van der Waals surface area contributed by atoms with Gasteiger partial charge in [-0.1, -0.05) is 24.3 Å². The van der Waals surface area contributed by atoms with Crippen molar-refractivity contribution in [2.24, 2.45) is 5.41 Å². The molecule has 0 saturated heterocycles. The van der Waals surface area contributed by atoms with Crippen molar-refractivity contribution >= 4 is 0 Å². The third-order valence-electron chi connectivity index (χ3n) is 2.73. The van der Waals surface area contributed by atoms with E-state index in [2.05, 4.69) is 11.4 Å². The van der Waals surface area contributed by atoms with Crippen LogP contribution in [0.1, 0.15) is 31.4 Å². The lowest BCUT2D eigenvalue weighted by molar-refractivity contribution is 0.281. The minimum absolute atomic E-state index is 0.0787. The quantitative estimate of drug-likeness (QED) is 0.739. The number of aliphatic hydroxyl groups is 1. The highest BCUT2D eigenvalue weighted by Crippen LogP contribution is 2.17. The Bertz CT molecular complexity index is 393. The molecule has 1 aromatic carbocycles. The third kappa shape index (κ3) is 4.99. The molecule has 0 aliphatic carbocycles. The first-order valence-electron chi connectivity index (χ1n) is 5.88. The molecular weight excluding hydrogens is 212 g/mol. The van der Waals surface area contributed by atoms with Crippen molar-refractivity contribution in [1.29, 1.82) is 5.26 Å². The van der Waals surface area contributed by atoms with Gasteiger partial charge in [0, 0.05) is 6.54 Å². The van der Waals surface area contributed by atoms with Gasteiger partial charge in [-0.3, -0.25) is 0 Å². The molecule has 0 aliphatic heterocycles. The van der Waals surface area contributed by atoms with Crippen molar-refractivity contribution in [2.75, 3.05) is 6.54 Å². The number of hydrogen-bond acceptors (Lipinski definition) is 3. The van der Waals surface area contributed by atoms with E-state index < -0.39 is 0 Å². The van der Waals surface area contributed by atoms with Crippen LogP contribution in [-0.4, -0.2) is 11.7 Å². The number of benzene rings is 1. The summed E-state index contributed by atoms with van der Waals surface area (Å²) in [4.78, 5) is 0. The first-order chi connectivity index (χ1) is 8.07. The Morgan fingerprint density at radius 1 is 1.35 bits per heavy atom. The maximum atomic E-state index is 9.02. The van der Waals surface area contributed by atoms with Crippen LogP contribution in [0, 0.1) is 16.7 Å². The molecule has 0 aromatic heterocycles.